The predicted molar refractivity (Wildman–Crippen MR) is 111 cm³/mol. The maximum atomic E-state index is 12.1. The second-order valence-corrected chi connectivity index (χ2v) is 8.26. The molecule has 1 aromatic heterocycles. The maximum absolute atomic E-state index is 12.1. The van der Waals surface area contributed by atoms with E-state index in [1.807, 2.05) is 24.3 Å². The van der Waals surface area contributed by atoms with Gasteiger partial charge < -0.3 is 14.6 Å². The number of carbonyl (C=O) groups excluding carboxylic acids is 1. The molecule has 3 rings (SSSR count). The summed E-state index contributed by atoms with van der Waals surface area (Å²) < 4.78 is 36.0. The summed E-state index contributed by atoms with van der Waals surface area (Å²) in [6.07, 6.45) is 1.26. The van der Waals surface area contributed by atoms with Crippen molar-refractivity contribution in [2.45, 2.75) is 24.2 Å². The van der Waals surface area contributed by atoms with E-state index in [2.05, 4.69) is 20.2 Å². The number of ether oxygens (including phenoxy) is 1. The molecule has 0 atom stereocenters. The number of anilines is 1. The molecule has 30 heavy (non-hydrogen) atoms. The van der Waals surface area contributed by atoms with Gasteiger partial charge >= 0.3 is 0 Å². The molecule has 0 radical (unpaired) electrons. The van der Waals surface area contributed by atoms with Crippen molar-refractivity contribution in [2.75, 3.05) is 19.5 Å². The number of aromatic nitrogens is 2. The zero-order valence-corrected chi connectivity index (χ0v) is 17.4. The van der Waals surface area contributed by atoms with Gasteiger partial charge in [-0.3, -0.25) is 4.79 Å². The number of sulfonamides is 1. The SMILES string of the molecule is CNS(=O)(=O)c1ccc(NC(=O)CCCc2nc(-c3ccc(OC)cc3)no2)cc1. The Hall–Kier alpha value is -3.24. The third kappa shape index (κ3) is 5.43. The molecule has 0 aliphatic carbocycles. The van der Waals surface area contributed by atoms with Crippen molar-refractivity contribution in [3.63, 3.8) is 0 Å². The van der Waals surface area contributed by atoms with E-state index in [9.17, 15) is 13.2 Å². The number of amides is 1. The fourth-order valence-corrected chi connectivity index (χ4v) is 3.40. The minimum Gasteiger partial charge on any atom is -0.497 e. The van der Waals surface area contributed by atoms with E-state index in [-0.39, 0.29) is 17.2 Å². The molecule has 0 spiro atoms. The molecule has 0 fully saturated rings. The van der Waals surface area contributed by atoms with Crippen LogP contribution in [0.4, 0.5) is 5.69 Å². The van der Waals surface area contributed by atoms with Crippen molar-refractivity contribution in [3.8, 4) is 17.1 Å². The number of rotatable bonds is 9. The average molecular weight is 430 g/mol. The van der Waals surface area contributed by atoms with Gasteiger partial charge in [-0.15, -0.1) is 0 Å². The number of methoxy groups -OCH3 is 1. The molecule has 0 aliphatic rings. The quantitative estimate of drug-likeness (QED) is 0.535. The van der Waals surface area contributed by atoms with Gasteiger partial charge in [0.1, 0.15) is 5.75 Å². The van der Waals surface area contributed by atoms with Gasteiger partial charge in [0.2, 0.25) is 27.6 Å². The third-order valence-corrected chi connectivity index (χ3v) is 5.76. The highest BCUT2D eigenvalue weighted by atomic mass is 32.2. The Labute approximate surface area is 174 Å². The Bertz CT molecular complexity index is 1090. The molecule has 1 amide bonds. The normalized spacial score (nSPS) is 11.3. The van der Waals surface area contributed by atoms with E-state index in [0.717, 1.165) is 11.3 Å². The molecule has 0 unspecified atom stereocenters. The Morgan fingerprint density at radius 1 is 1.10 bits per heavy atom. The second-order valence-electron chi connectivity index (χ2n) is 6.37. The summed E-state index contributed by atoms with van der Waals surface area (Å²) in [5.74, 6) is 1.49. The Balaban J connectivity index is 1.48. The first-order valence-electron chi connectivity index (χ1n) is 9.22. The van der Waals surface area contributed by atoms with Crippen LogP contribution < -0.4 is 14.8 Å². The lowest BCUT2D eigenvalue weighted by atomic mass is 10.2. The molecule has 2 N–H and O–H groups in total. The fourth-order valence-electron chi connectivity index (χ4n) is 2.67. The van der Waals surface area contributed by atoms with E-state index >= 15 is 0 Å². The number of hydrogen-bond donors (Lipinski definition) is 2. The van der Waals surface area contributed by atoms with Gasteiger partial charge in [-0.25, -0.2) is 13.1 Å². The highest BCUT2D eigenvalue weighted by Gasteiger charge is 2.12. The standard InChI is InChI=1S/C20H22N4O5S/c1-21-30(26,27)17-12-8-15(9-13-17)22-18(25)4-3-5-19-23-20(24-29-19)14-6-10-16(28-2)11-7-14/h6-13,21H,3-5H2,1-2H3,(H,22,25). The predicted octanol–water partition coefficient (Wildman–Crippen LogP) is 2.61. The van der Waals surface area contributed by atoms with Crippen LogP contribution in [0.3, 0.4) is 0 Å². The summed E-state index contributed by atoms with van der Waals surface area (Å²) in [6, 6.07) is 13.3. The van der Waals surface area contributed by atoms with Crippen LogP contribution in [0.2, 0.25) is 0 Å². The first kappa shape index (κ1) is 21.5. The van der Waals surface area contributed by atoms with Gasteiger partial charge in [-0.2, -0.15) is 4.98 Å². The highest BCUT2D eigenvalue weighted by Crippen LogP contribution is 2.20. The number of nitrogens with one attached hydrogen (secondary N) is 2. The Morgan fingerprint density at radius 2 is 1.80 bits per heavy atom. The van der Waals surface area contributed by atoms with E-state index in [4.69, 9.17) is 9.26 Å². The lowest BCUT2D eigenvalue weighted by Gasteiger charge is -2.06. The van der Waals surface area contributed by atoms with Crippen LogP contribution >= 0.6 is 0 Å². The molecule has 0 aliphatic heterocycles. The van der Waals surface area contributed by atoms with Crippen molar-refractivity contribution < 1.29 is 22.5 Å². The summed E-state index contributed by atoms with van der Waals surface area (Å²) >= 11 is 0. The topological polar surface area (TPSA) is 123 Å². The minimum atomic E-state index is -3.50. The molecular weight excluding hydrogens is 408 g/mol. The van der Waals surface area contributed by atoms with Gasteiger partial charge in [0.25, 0.3) is 0 Å². The number of benzene rings is 2. The summed E-state index contributed by atoms with van der Waals surface area (Å²) in [4.78, 5) is 16.6. The van der Waals surface area contributed by atoms with Crippen LogP contribution in [0.25, 0.3) is 11.4 Å². The fraction of sp³-hybridized carbons (Fsp3) is 0.250. The Morgan fingerprint density at radius 3 is 2.43 bits per heavy atom. The van der Waals surface area contributed by atoms with Gasteiger partial charge in [0.15, 0.2) is 0 Å². The summed E-state index contributed by atoms with van der Waals surface area (Å²) in [5, 5.41) is 6.69. The minimum absolute atomic E-state index is 0.132. The average Bonchev–Trinajstić information content (AvgIpc) is 3.23. The monoisotopic (exact) mass is 430 g/mol. The highest BCUT2D eigenvalue weighted by molar-refractivity contribution is 7.89. The van der Waals surface area contributed by atoms with E-state index in [0.29, 0.717) is 30.2 Å². The van der Waals surface area contributed by atoms with Crippen molar-refractivity contribution >= 4 is 21.6 Å². The lowest BCUT2D eigenvalue weighted by molar-refractivity contribution is -0.116. The van der Waals surface area contributed by atoms with E-state index < -0.39 is 10.0 Å². The number of nitrogens with zero attached hydrogens (tertiary/aromatic N) is 2. The molecule has 0 saturated carbocycles. The molecule has 0 bridgehead atoms. The lowest BCUT2D eigenvalue weighted by Crippen LogP contribution is -2.18. The zero-order chi connectivity index (χ0) is 21.6. The van der Waals surface area contributed by atoms with E-state index in [1.165, 1.54) is 19.2 Å². The first-order valence-corrected chi connectivity index (χ1v) is 10.7. The summed E-state index contributed by atoms with van der Waals surface area (Å²) in [7, 11) is -0.562. The number of hydrogen-bond acceptors (Lipinski definition) is 7. The number of aryl methyl sites for hydroxylation is 1. The van der Waals surface area contributed by atoms with Crippen LogP contribution in [0.5, 0.6) is 5.75 Å². The van der Waals surface area contributed by atoms with Gasteiger partial charge in [-0.05, 0) is 62.0 Å². The largest absolute Gasteiger partial charge is 0.497 e. The molecule has 2 aromatic carbocycles. The van der Waals surface area contributed by atoms with Crippen molar-refractivity contribution in [2.24, 2.45) is 0 Å². The molecule has 0 saturated heterocycles. The van der Waals surface area contributed by atoms with Crippen LogP contribution in [0.15, 0.2) is 57.9 Å². The molecular formula is C20H22N4O5S. The van der Waals surface area contributed by atoms with Crippen molar-refractivity contribution in [1.82, 2.24) is 14.9 Å². The first-order chi connectivity index (χ1) is 14.4. The third-order valence-electron chi connectivity index (χ3n) is 4.33. The maximum Gasteiger partial charge on any atom is 0.240 e. The smallest absolute Gasteiger partial charge is 0.240 e. The van der Waals surface area contributed by atoms with Gasteiger partial charge in [0.05, 0.1) is 12.0 Å². The summed E-state index contributed by atoms with van der Waals surface area (Å²) in [5.41, 5.74) is 1.34. The second kappa shape index (κ2) is 9.51. The van der Waals surface area contributed by atoms with Crippen LogP contribution in [0, 0.1) is 0 Å². The van der Waals surface area contributed by atoms with E-state index in [1.54, 1.807) is 19.2 Å². The number of carbonyl (C=O) groups is 1. The van der Waals surface area contributed by atoms with Crippen LogP contribution in [-0.4, -0.2) is 38.6 Å². The zero-order valence-electron chi connectivity index (χ0n) is 16.6. The molecule has 3 aromatic rings. The molecule has 1 heterocycles. The molecule has 10 heteroatoms. The van der Waals surface area contributed by atoms with Gasteiger partial charge in [-0.1, -0.05) is 5.16 Å². The molecule has 158 valence electrons. The Kier molecular flexibility index (Phi) is 6.80. The van der Waals surface area contributed by atoms with Crippen LogP contribution in [-0.2, 0) is 21.2 Å². The van der Waals surface area contributed by atoms with Gasteiger partial charge in [0, 0.05) is 24.1 Å². The van der Waals surface area contributed by atoms with Crippen LogP contribution in [0.1, 0.15) is 18.7 Å². The van der Waals surface area contributed by atoms with Crippen molar-refractivity contribution in [1.29, 1.82) is 0 Å². The summed E-state index contributed by atoms with van der Waals surface area (Å²) in [6.45, 7) is 0. The van der Waals surface area contributed by atoms with Crippen molar-refractivity contribution in [3.05, 3.63) is 54.4 Å². The molecule has 9 nitrogen and oxygen atoms in total.